The fourth-order valence-corrected chi connectivity index (χ4v) is 1.24. The summed E-state index contributed by atoms with van der Waals surface area (Å²) in [6, 6.07) is 0. The summed E-state index contributed by atoms with van der Waals surface area (Å²) in [5, 5.41) is -0.157. The number of allylic oxidation sites excluding steroid dienone is 2. The summed E-state index contributed by atoms with van der Waals surface area (Å²) in [7, 11) is 0. The molecule has 0 saturated heterocycles. The number of Topliss-reactive ketones (excluding diaryl/α,β-unsaturated/α-hetero) is 1. The van der Waals surface area contributed by atoms with Crippen molar-refractivity contribution in [2.24, 2.45) is 11.8 Å². The van der Waals surface area contributed by atoms with E-state index in [4.69, 9.17) is 11.6 Å². The van der Waals surface area contributed by atoms with Gasteiger partial charge in [0.05, 0.1) is 0 Å². The molecule has 0 N–H and O–H groups in total. The van der Waals surface area contributed by atoms with Crippen molar-refractivity contribution >= 4 is 45.7 Å². The van der Waals surface area contributed by atoms with Crippen molar-refractivity contribution in [3.05, 3.63) is 32.2 Å². The van der Waals surface area contributed by atoms with Crippen molar-refractivity contribution in [1.29, 1.82) is 0 Å². The first-order valence-electron chi connectivity index (χ1n) is 6.29. The zero-order valence-electron chi connectivity index (χ0n) is 12.0. The predicted octanol–water partition coefficient (Wildman–Crippen LogP) is 0.723. The maximum Gasteiger partial charge on any atom is 2.00 e. The number of halogens is 2. The number of hydrogen-bond acceptors (Lipinski definition) is 2. The van der Waals surface area contributed by atoms with E-state index in [1.165, 1.54) is 0 Å². The van der Waals surface area contributed by atoms with Crippen molar-refractivity contribution in [2.45, 2.75) is 38.5 Å². The van der Waals surface area contributed by atoms with Gasteiger partial charge in [0.15, 0.2) is 0 Å². The predicted molar refractivity (Wildman–Crippen MR) is 82.1 cm³/mol. The van der Waals surface area contributed by atoms with Crippen LogP contribution in [0.3, 0.4) is 0 Å². The summed E-state index contributed by atoms with van der Waals surface area (Å²) in [4.78, 5) is 20.7. The third-order valence-corrected chi connectivity index (χ3v) is 2.79. The Bertz CT molecular complexity index is 300. The van der Waals surface area contributed by atoms with E-state index >= 15 is 0 Å². The molecule has 2 nitrogen and oxygen atoms in total. The van der Waals surface area contributed by atoms with Crippen molar-refractivity contribution in [3.63, 3.8) is 0 Å². The van der Waals surface area contributed by atoms with Crippen LogP contribution in [-0.4, -0.2) is 34.1 Å². The second-order valence-corrected chi connectivity index (χ2v) is 4.76. The molecule has 0 amide bonds. The average Bonchev–Trinajstić information content (AvgIpc) is 3.23. The number of ketones is 1. The molecule has 0 bridgehead atoms. The third kappa shape index (κ3) is 16.4. The topological polar surface area (TPSA) is 34.1 Å². The normalized spacial score (nSPS) is 14.7. The number of rotatable bonds is 5. The molecule has 2 saturated carbocycles. The Morgan fingerprint density at radius 3 is 1.65 bits per heavy atom. The van der Waals surface area contributed by atoms with Crippen molar-refractivity contribution in [3.8, 4) is 0 Å². The second kappa shape index (κ2) is 15.7. The SMILES string of the molecule is C=CCC(=O)C1CC1.C=CC[CH2-].O=C(Cl)C1CC1.[Br-].[Mg+2]. The molecule has 2 aliphatic carbocycles. The van der Waals surface area contributed by atoms with Gasteiger partial charge < -0.3 is 23.9 Å². The monoisotopic (exact) mass is 372 g/mol. The van der Waals surface area contributed by atoms with Crippen LogP contribution >= 0.6 is 11.6 Å². The molecular weight excluding hydrogens is 352 g/mol. The summed E-state index contributed by atoms with van der Waals surface area (Å²) in [6.45, 7) is 10.4. The average molecular weight is 374 g/mol. The van der Waals surface area contributed by atoms with E-state index in [2.05, 4.69) is 20.1 Å². The van der Waals surface area contributed by atoms with Crippen LogP contribution in [0.15, 0.2) is 25.3 Å². The molecule has 0 atom stereocenters. The molecule has 0 aliphatic heterocycles. The third-order valence-electron chi connectivity index (χ3n) is 2.48. The van der Waals surface area contributed by atoms with Crippen LogP contribution in [0.2, 0.25) is 0 Å². The molecule has 0 spiro atoms. The van der Waals surface area contributed by atoms with Gasteiger partial charge in [-0.15, -0.1) is 19.2 Å². The Morgan fingerprint density at radius 2 is 1.50 bits per heavy atom. The van der Waals surface area contributed by atoms with Gasteiger partial charge in [-0.1, -0.05) is 6.08 Å². The van der Waals surface area contributed by atoms with Crippen LogP contribution in [0, 0.1) is 18.8 Å². The van der Waals surface area contributed by atoms with Gasteiger partial charge in [0.1, 0.15) is 5.78 Å². The van der Waals surface area contributed by atoms with Gasteiger partial charge in [-0.2, -0.15) is 6.42 Å². The van der Waals surface area contributed by atoms with E-state index < -0.39 is 0 Å². The molecular formula is C15H22BrClMgO2. The summed E-state index contributed by atoms with van der Waals surface area (Å²) in [5.41, 5.74) is 0. The minimum absolute atomic E-state index is 0. The molecule has 2 aliphatic rings. The Labute approximate surface area is 154 Å². The van der Waals surface area contributed by atoms with E-state index in [0.29, 0.717) is 18.1 Å². The van der Waals surface area contributed by atoms with Crippen LogP contribution in [0.4, 0.5) is 0 Å². The Kier molecular flexibility index (Phi) is 19.9. The van der Waals surface area contributed by atoms with E-state index in [-0.39, 0.29) is 51.2 Å². The maximum absolute atomic E-state index is 10.7. The summed E-state index contributed by atoms with van der Waals surface area (Å²) < 4.78 is 0. The van der Waals surface area contributed by atoms with Crippen LogP contribution in [-0.2, 0) is 9.59 Å². The Balaban J connectivity index is -0.000000218. The molecule has 20 heavy (non-hydrogen) atoms. The largest absolute Gasteiger partial charge is 2.00 e. The quantitative estimate of drug-likeness (QED) is 0.308. The molecule has 2 fully saturated rings. The first-order chi connectivity index (χ1) is 8.56. The van der Waals surface area contributed by atoms with E-state index in [0.717, 1.165) is 32.1 Å². The number of carbonyl (C=O) groups is 2. The van der Waals surface area contributed by atoms with Gasteiger partial charge in [-0.05, 0) is 37.3 Å². The van der Waals surface area contributed by atoms with E-state index in [9.17, 15) is 9.59 Å². The van der Waals surface area contributed by atoms with Gasteiger partial charge in [-0.25, -0.2) is 0 Å². The van der Waals surface area contributed by atoms with Crippen LogP contribution in [0.1, 0.15) is 38.5 Å². The molecule has 0 aromatic carbocycles. The number of carbonyl (C=O) groups excluding carboxylic acids is 2. The van der Waals surface area contributed by atoms with Crippen LogP contribution in [0.5, 0.6) is 0 Å². The van der Waals surface area contributed by atoms with Gasteiger partial charge in [0, 0.05) is 18.3 Å². The Hall–Kier alpha value is 0.356. The van der Waals surface area contributed by atoms with Gasteiger partial charge in [-0.3, -0.25) is 9.59 Å². The first kappa shape index (κ1) is 25.3. The molecule has 0 aromatic rings. The minimum Gasteiger partial charge on any atom is -1.00 e. The molecule has 2 rings (SSSR count). The molecule has 0 heterocycles. The summed E-state index contributed by atoms with van der Waals surface area (Å²) in [6.07, 6.45) is 9.12. The number of hydrogen-bond donors (Lipinski definition) is 0. The first-order valence-corrected chi connectivity index (χ1v) is 6.67. The maximum atomic E-state index is 10.7. The molecule has 5 heteroatoms. The Morgan fingerprint density at radius 1 is 1.10 bits per heavy atom. The van der Waals surface area contributed by atoms with E-state index in [1.54, 1.807) is 12.2 Å². The van der Waals surface area contributed by atoms with Crippen molar-refractivity contribution < 1.29 is 26.6 Å². The van der Waals surface area contributed by atoms with Crippen LogP contribution in [0.25, 0.3) is 0 Å². The summed E-state index contributed by atoms with van der Waals surface area (Å²) in [5.74, 6) is 1.01. The minimum atomic E-state index is -0.157. The fraction of sp³-hybridized carbons (Fsp3) is 0.533. The van der Waals surface area contributed by atoms with Gasteiger partial charge >= 0.3 is 23.1 Å². The van der Waals surface area contributed by atoms with Crippen molar-refractivity contribution in [1.82, 2.24) is 0 Å². The zero-order valence-corrected chi connectivity index (χ0v) is 15.7. The standard InChI is InChI=1S/C7H10O.C4H5ClO.C4H7.BrH.Mg/c1-2-3-7(8)6-4-5-6;5-4(6)3-1-2-3;1-3-4-2;;/h2,6H,1,3-5H2;3H,1-2H2;3H,1-2,4H2;1H;/q;;-1;;+2/p-1. The second-order valence-electron chi connectivity index (χ2n) is 4.39. The molecule has 0 radical (unpaired) electrons. The molecule has 0 aromatic heterocycles. The molecule has 0 unspecified atom stereocenters. The van der Waals surface area contributed by atoms with Crippen LogP contribution < -0.4 is 17.0 Å². The summed E-state index contributed by atoms with van der Waals surface area (Å²) >= 11 is 5.04. The van der Waals surface area contributed by atoms with Crippen molar-refractivity contribution in [2.75, 3.05) is 0 Å². The fourth-order valence-electron chi connectivity index (χ4n) is 1.02. The van der Waals surface area contributed by atoms with Gasteiger partial charge in [0.25, 0.3) is 0 Å². The molecule has 110 valence electrons. The smallest absolute Gasteiger partial charge is 1.00 e. The zero-order chi connectivity index (χ0) is 14.0. The van der Waals surface area contributed by atoms with Gasteiger partial charge in [0.2, 0.25) is 5.24 Å². The van der Waals surface area contributed by atoms with E-state index in [1.807, 2.05) is 0 Å².